The fraction of sp³-hybridized carbons (Fsp3) is 0.647. The number of ether oxygens (including phenoxy) is 1. The van der Waals surface area contributed by atoms with Crippen molar-refractivity contribution in [2.24, 2.45) is 0 Å². The molecule has 3 nitrogen and oxygen atoms in total. The van der Waals surface area contributed by atoms with Gasteiger partial charge in [-0.3, -0.25) is 4.90 Å². The highest BCUT2D eigenvalue weighted by Crippen LogP contribution is 2.33. The van der Waals surface area contributed by atoms with Gasteiger partial charge in [0.2, 0.25) is 0 Å². The van der Waals surface area contributed by atoms with Gasteiger partial charge in [-0.25, -0.2) is 0 Å². The molecule has 3 heteroatoms. The molecule has 0 radical (unpaired) electrons. The van der Waals surface area contributed by atoms with Gasteiger partial charge in [0.25, 0.3) is 0 Å². The Labute approximate surface area is 123 Å². The van der Waals surface area contributed by atoms with Crippen molar-refractivity contribution in [1.82, 2.24) is 10.2 Å². The van der Waals surface area contributed by atoms with Crippen molar-refractivity contribution in [1.29, 1.82) is 0 Å². The molecule has 0 spiro atoms. The zero-order chi connectivity index (χ0) is 14.8. The molecule has 1 aromatic rings. The van der Waals surface area contributed by atoms with Crippen LogP contribution in [0.3, 0.4) is 0 Å². The third-order valence-corrected chi connectivity index (χ3v) is 4.78. The van der Waals surface area contributed by atoms with E-state index in [1.165, 1.54) is 16.7 Å². The summed E-state index contributed by atoms with van der Waals surface area (Å²) in [6.45, 7) is 12.8. The Morgan fingerprint density at radius 1 is 1.20 bits per heavy atom. The first-order chi connectivity index (χ1) is 9.48. The lowest BCUT2D eigenvalue weighted by molar-refractivity contribution is -0.0229. The molecule has 0 saturated carbocycles. The van der Waals surface area contributed by atoms with Crippen molar-refractivity contribution in [3.8, 4) is 0 Å². The van der Waals surface area contributed by atoms with E-state index in [1.54, 1.807) is 0 Å². The van der Waals surface area contributed by atoms with Crippen LogP contribution in [0.1, 0.15) is 36.6 Å². The average Bonchev–Trinajstić information content (AvgIpc) is 2.45. The summed E-state index contributed by atoms with van der Waals surface area (Å²) < 4.78 is 5.49. The van der Waals surface area contributed by atoms with Crippen LogP contribution in [0.15, 0.2) is 18.2 Å². The second-order valence-electron chi connectivity index (χ2n) is 6.26. The molecule has 0 bridgehead atoms. The summed E-state index contributed by atoms with van der Waals surface area (Å²) in [5.74, 6) is 0. The van der Waals surface area contributed by atoms with E-state index in [-0.39, 0.29) is 5.54 Å². The quantitative estimate of drug-likeness (QED) is 0.915. The number of nitrogens with one attached hydrogen (secondary N) is 1. The van der Waals surface area contributed by atoms with E-state index in [2.05, 4.69) is 63.2 Å². The maximum absolute atomic E-state index is 5.49. The molecule has 1 N–H and O–H groups in total. The standard InChI is InChI=1S/C17H28N2O/c1-13-7-6-8-15(14(13)2)16(18-5)17(3,4)19-9-11-20-12-10-19/h6-8,16,18H,9-12H2,1-5H3. The first-order valence-electron chi connectivity index (χ1n) is 7.54. The van der Waals surface area contributed by atoms with Crippen molar-refractivity contribution in [3.63, 3.8) is 0 Å². The van der Waals surface area contributed by atoms with E-state index in [0.29, 0.717) is 6.04 Å². The van der Waals surface area contributed by atoms with Crippen LogP contribution < -0.4 is 5.32 Å². The molecule has 1 saturated heterocycles. The monoisotopic (exact) mass is 276 g/mol. The summed E-state index contributed by atoms with van der Waals surface area (Å²) in [5, 5.41) is 3.54. The van der Waals surface area contributed by atoms with Gasteiger partial charge in [0.05, 0.1) is 19.3 Å². The zero-order valence-corrected chi connectivity index (χ0v) is 13.5. The molecule has 1 aliphatic heterocycles. The maximum Gasteiger partial charge on any atom is 0.0594 e. The van der Waals surface area contributed by atoms with Gasteiger partial charge >= 0.3 is 0 Å². The van der Waals surface area contributed by atoms with Gasteiger partial charge in [0.15, 0.2) is 0 Å². The van der Waals surface area contributed by atoms with Crippen LogP contribution in [0, 0.1) is 13.8 Å². The van der Waals surface area contributed by atoms with Gasteiger partial charge in [0, 0.05) is 18.6 Å². The zero-order valence-electron chi connectivity index (χ0n) is 13.5. The fourth-order valence-electron chi connectivity index (χ4n) is 3.30. The van der Waals surface area contributed by atoms with Crippen LogP contribution in [0.5, 0.6) is 0 Å². The molecule has 0 amide bonds. The lowest BCUT2D eigenvalue weighted by atomic mass is 9.83. The molecular weight excluding hydrogens is 248 g/mol. The van der Waals surface area contributed by atoms with Crippen LogP contribution in [-0.4, -0.2) is 43.8 Å². The van der Waals surface area contributed by atoms with E-state index in [4.69, 9.17) is 4.74 Å². The summed E-state index contributed by atoms with van der Waals surface area (Å²) in [6, 6.07) is 6.93. The van der Waals surface area contributed by atoms with Crippen molar-refractivity contribution in [2.75, 3.05) is 33.4 Å². The van der Waals surface area contributed by atoms with E-state index < -0.39 is 0 Å². The Kier molecular flexibility index (Phi) is 4.84. The maximum atomic E-state index is 5.49. The highest BCUT2D eigenvalue weighted by Gasteiger charge is 2.36. The summed E-state index contributed by atoms with van der Waals surface area (Å²) in [5.41, 5.74) is 4.23. The molecule has 1 unspecified atom stereocenters. The molecule has 20 heavy (non-hydrogen) atoms. The molecular formula is C17H28N2O. The van der Waals surface area contributed by atoms with Crippen LogP contribution >= 0.6 is 0 Å². The lowest BCUT2D eigenvalue weighted by Gasteiger charge is -2.46. The lowest BCUT2D eigenvalue weighted by Crippen LogP contribution is -2.55. The summed E-state index contributed by atoms with van der Waals surface area (Å²) in [4.78, 5) is 2.54. The summed E-state index contributed by atoms with van der Waals surface area (Å²) in [6.07, 6.45) is 0. The highest BCUT2D eigenvalue weighted by molar-refractivity contribution is 5.37. The van der Waals surface area contributed by atoms with Crippen molar-refractivity contribution in [2.45, 2.75) is 39.3 Å². The second kappa shape index (κ2) is 6.25. The fourth-order valence-corrected chi connectivity index (χ4v) is 3.30. The number of hydrogen-bond donors (Lipinski definition) is 1. The number of morpholine rings is 1. The average molecular weight is 276 g/mol. The first-order valence-corrected chi connectivity index (χ1v) is 7.54. The van der Waals surface area contributed by atoms with E-state index in [1.807, 2.05) is 0 Å². The SMILES string of the molecule is CNC(c1cccc(C)c1C)C(C)(C)N1CCOCC1. The van der Waals surface area contributed by atoms with Crippen LogP contribution in [0.4, 0.5) is 0 Å². The molecule has 0 aromatic heterocycles. The minimum atomic E-state index is 0.0666. The summed E-state index contributed by atoms with van der Waals surface area (Å²) >= 11 is 0. The minimum Gasteiger partial charge on any atom is -0.379 e. The van der Waals surface area contributed by atoms with Crippen molar-refractivity contribution in [3.05, 3.63) is 34.9 Å². The number of aryl methyl sites for hydroxylation is 1. The van der Waals surface area contributed by atoms with Gasteiger partial charge in [0.1, 0.15) is 0 Å². The molecule has 1 aliphatic rings. The number of benzene rings is 1. The smallest absolute Gasteiger partial charge is 0.0594 e. The third-order valence-electron chi connectivity index (χ3n) is 4.78. The molecule has 1 atom stereocenters. The number of rotatable bonds is 4. The second-order valence-corrected chi connectivity index (χ2v) is 6.26. The van der Waals surface area contributed by atoms with Gasteiger partial charge < -0.3 is 10.1 Å². The van der Waals surface area contributed by atoms with Gasteiger partial charge in [-0.15, -0.1) is 0 Å². The number of nitrogens with zero attached hydrogens (tertiary/aromatic N) is 1. The first kappa shape index (κ1) is 15.5. The Balaban J connectivity index is 2.32. The van der Waals surface area contributed by atoms with E-state index >= 15 is 0 Å². The number of hydrogen-bond acceptors (Lipinski definition) is 3. The van der Waals surface area contributed by atoms with E-state index in [9.17, 15) is 0 Å². The molecule has 1 aromatic carbocycles. The summed E-state index contributed by atoms with van der Waals surface area (Å²) in [7, 11) is 2.06. The molecule has 2 rings (SSSR count). The molecule has 112 valence electrons. The highest BCUT2D eigenvalue weighted by atomic mass is 16.5. The van der Waals surface area contributed by atoms with Crippen molar-refractivity contribution >= 4 is 0 Å². The van der Waals surface area contributed by atoms with Crippen LogP contribution in [0.2, 0.25) is 0 Å². The predicted octanol–water partition coefficient (Wildman–Crippen LogP) is 2.67. The van der Waals surface area contributed by atoms with Gasteiger partial charge in [-0.05, 0) is 51.4 Å². The van der Waals surface area contributed by atoms with Gasteiger partial charge in [-0.2, -0.15) is 0 Å². The van der Waals surface area contributed by atoms with Crippen LogP contribution in [0.25, 0.3) is 0 Å². The van der Waals surface area contributed by atoms with Gasteiger partial charge in [-0.1, -0.05) is 18.2 Å². The molecule has 1 heterocycles. The van der Waals surface area contributed by atoms with E-state index in [0.717, 1.165) is 26.3 Å². The Morgan fingerprint density at radius 3 is 2.45 bits per heavy atom. The Bertz CT molecular complexity index is 450. The Morgan fingerprint density at radius 2 is 1.85 bits per heavy atom. The molecule has 1 fully saturated rings. The normalized spacial score (nSPS) is 19.1. The van der Waals surface area contributed by atoms with Crippen molar-refractivity contribution < 1.29 is 4.74 Å². The largest absolute Gasteiger partial charge is 0.379 e. The third kappa shape index (κ3) is 2.90. The number of likely N-dealkylation sites (N-methyl/N-ethyl adjacent to an activating group) is 1. The van der Waals surface area contributed by atoms with Crippen LogP contribution in [-0.2, 0) is 4.74 Å². The predicted molar refractivity (Wildman–Crippen MR) is 84.2 cm³/mol. The molecule has 0 aliphatic carbocycles. The Hall–Kier alpha value is -0.900. The minimum absolute atomic E-state index is 0.0666. The topological polar surface area (TPSA) is 24.5 Å².